The highest BCUT2D eigenvalue weighted by atomic mass is 32.2. The average molecular weight is 442 g/mol. The Morgan fingerprint density at radius 2 is 2.00 bits per heavy atom. The smallest absolute Gasteiger partial charge is 0.271 e. The molecule has 0 saturated carbocycles. The second-order valence-electron chi connectivity index (χ2n) is 6.54. The van der Waals surface area contributed by atoms with Crippen molar-refractivity contribution in [2.45, 2.75) is 17.8 Å². The summed E-state index contributed by atoms with van der Waals surface area (Å²) in [5.74, 6) is 2.13. The van der Waals surface area contributed by atoms with Crippen LogP contribution in [-0.2, 0) is 5.75 Å². The van der Waals surface area contributed by atoms with E-state index in [9.17, 15) is 4.79 Å². The Hall–Kier alpha value is -2.62. The van der Waals surface area contributed by atoms with Crippen LogP contribution in [0.25, 0.3) is 16.0 Å². The van der Waals surface area contributed by atoms with Gasteiger partial charge in [0.25, 0.3) is 5.56 Å². The highest BCUT2D eigenvalue weighted by Crippen LogP contribution is 2.34. The van der Waals surface area contributed by atoms with Crippen molar-refractivity contribution in [3.63, 3.8) is 0 Å². The van der Waals surface area contributed by atoms with Gasteiger partial charge in [-0.3, -0.25) is 9.36 Å². The number of thiazole rings is 1. The molecule has 0 saturated heterocycles. The van der Waals surface area contributed by atoms with Gasteiger partial charge < -0.3 is 14.5 Å². The van der Waals surface area contributed by atoms with Gasteiger partial charge in [0.1, 0.15) is 4.70 Å². The van der Waals surface area contributed by atoms with Crippen LogP contribution < -0.4 is 15.0 Å². The largest absolute Gasteiger partial charge is 0.454 e. The second-order valence-corrected chi connectivity index (χ2v) is 9.15. The molecule has 0 spiro atoms. The summed E-state index contributed by atoms with van der Waals surface area (Å²) >= 11 is 8.24. The van der Waals surface area contributed by atoms with Gasteiger partial charge in [0.05, 0.1) is 0 Å². The lowest BCUT2D eigenvalue weighted by Gasteiger charge is -2.06. The molecular formula is C20H15N3O3S3. The number of nitrogens with one attached hydrogen (secondary N) is 1. The van der Waals surface area contributed by atoms with Crippen molar-refractivity contribution < 1.29 is 9.47 Å². The molecule has 0 atom stereocenters. The van der Waals surface area contributed by atoms with E-state index < -0.39 is 0 Å². The van der Waals surface area contributed by atoms with Gasteiger partial charge in [-0.1, -0.05) is 46.9 Å². The normalized spacial score (nSPS) is 12.6. The molecule has 3 heterocycles. The maximum absolute atomic E-state index is 12.6. The van der Waals surface area contributed by atoms with Gasteiger partial charge in [-0.05, 0) is 49.0 Å². The van der Waals surface area contributed by atoms with E-state index in [0.717, 1.165) is 28.3 Å². The highest BCUT2D eigenvalue weighted by Gasteiger charge is 2.16. The van der Waals surface area contributed by atoms with Crippen LogP contribution in [-0.4, -0.2) is 21.3 Å². The Kier molecular flexibility index (Phi) is 4.65. The summed E-state index contributed by atoms with van der Waals surface area (Å²) in [5.41, 5.74) is 3.52. The molecule has 0 unspecified atom stereocenters. The highest BCUT2D eigenvalue weighted by molar-refractivity contribution is 7.98. The molecule has 2 aromatic carbocycles. The van der Waals surface area contributed by atoms with E-state index in [1.54, 1.807) is 0 Å². The van der Waals surface area contributed by atoms with E-state index in [2.05, 4.69) is 4.98 Å². The van der Waals surface area contributed by atoms with Crippen LogP contribution in [0, 0.1) is 10.9 Å². The summed E-state index contributed by atoms with van der Waals surface area (Å²) in [4.78, 5) is 20.2. The molecule has 0 amide bonds. The SMILES string of the molecule is Cc1ccc(-n2c(=S)sc3c(=O)[nH]c(SCc4ccc5c(c4)OCO5)nc32)cc1. The standard InChI is InChI=1S/C20H15N3O3S3/c1-11-2-5-13(6-3-11)23-17-16(29-20(23)27)18(24)22-19(21-17)28-9-12-4-7-14-15(8-12)26-10-25-14/h2-8H,9-10H2,1H3,(H,21,22,24). The molecule has 0 radical (unpaired) electrons. The third-order valence-corrected chi connectivity index (χ3v) is 6.83. The summed E-state index contributed by atoms with van der Waals surface area (Å²) in [6.45, 7) is 2.28. The van der Waals surface area contributed by atoms with Crippen molar-refractivity contribution in [1.29, 1.82) is 0 Å². The molecule has 2 aromatic heterocycles. The monoisotopic (exact) mass is 441 g/mol. The topological polar surface area (TPSA) is 69.1 Å². The molecule has 0 fully saturated rings. The molecule has 146 valence electrons. The van der Waals surface area contributed by atoms with Crippen LogP contribution >= 0.6 is 35.3 Å². The number of rotatable bonds is 4. The maximum Gasteiger partial charge on any atom is 0.271 e. The van der Waals surface area contributed by atoms with Crippen molar-refractivity contribution in [3.05, 3.63) is 67.9 Å². The van der Waals surface area contributed by atoms with E-state index in [1.807, 2.05) is 54.0 Å². The minimum absolute atomic E-state index is 0.176. The third-order valence-electron chi connectivity index (χ3n) is 4.53. The number of hydrogen-bond donors (Lipinski definition) is 1. The van der Waals surface area contributed by atoms with E-state index >= 15 is 0 Å². The minimum Gasteiger partial charge on any atom is -0.454 e. The predicted molar refractivity (Wildman–Crippen MR) is 117 cm³/mol. The minimum atomic E-state index is -0.176. The fourth-order valence-corrected chi connectivity index (χ4v) is 5.14. The average Bonchev–Trinajstić information content (AvgIpc) is 3.31. The molecule has 0 aliphatic carbocycles. The van der Waals surface area contributed by atoms with Gasteiger partial charge in [0.2, 0.25) is 6.79 Å². The third kappa shape index (κ3) is 3.45. The number of thioether (sulfide) groups is 1. The molecule has 9 heteroatoms. The number of aromatic amines is 1. The first kappa shape index (κ1) is 18.4. The Morgan fingerprint density at radius 1 is 1.21 bits per heavy atom. The Labute approximate surface area is 179 Å². The molecule has 6 nitrogen and oxygen atoms in total. The zero-order valence-corrected chi connectivity index (χ0v) is 17.7. The van der Waals surface area contributed by atoms with Crippen molar-refractivity contribution in [3.8, 4) is 17.2 Å². The van der Waals surface area contributed by atoms with Crippen LogP contribution in [0.2, 0.25) is 0 Å². The lowest BCUT2D eigenvalue weighted by Crippen LogP contribution is -2.09. The lowest BCUT2D eigenvalue weighted by atomic mass is 10.2. The zero-order chi connectivity index (χ0) is 20.0. The summed E-state index contributed by atoms with van der Waals surface area (Å²) < 4.78 is 13.8. The number of fused-ring (bicyclic) bond motifs is 2. The number of ether oxygens (including phenoxy) is 2. The van der Waals surface area contributed by atoms with Crippen LogP contribution in [0.5, 0.6) is 11.5 Å². The Balaban J connectivity index is 1.50. The molecule has 1 N–H and O–H groups in total. The van der Waals surface area contributed by atoms with Crippen molar-refractivity contribution >= 4 is 45.7 Å². The summed E-state index contributed by atoms with van der Waals surface area (Å²) in [6.07, 6.45) is 0. The molecular weight excluding hydrogens is 426 g/mol. The molecule has 1 aliphatic rings. The van der Waals surface area contributed by atoms with Gasteiger partial charge in [-0.2, -0.15) is 0 Å². The molecule has 1 aliphatic heterocycles. The first-order valence-electron chi connectivity index (χ1n) is 8.83. The predicted octanol–water partition coefficient (Wildman–Crippen LogP) is 4.83. The van der Waals surface area contributed by atoms with Crippen molar-refractivity contribution in [2.24, 2.45) is 0 Å². The quantitative estimate of drug-likeness (QED) is 0.278. The number of aryl methyl sites for hydroxylation is 1. The van der Waals surface area contributed by atoms with Crippen LogP contribution in [0.1, 0.15) is 11.1 Å². The van der Waals surface area contributed by atoms with E-state index in [4.69, 9.17) is 26.7 Å². The first-order valence-corrected chi connectivity index (χ1v) is 11.0. The number of benzene rings is 2. The van der Waals surface area contributed by atoms with Gasteiger partial charge in [-0.25, -0.2) is 4.98 Å². The van der Waals surface area contributed by atoms with E-state index in [-0.39, 0.29) is 12.4 Å². The van der Waals surface area contributed by atoms with Gasteiger partial charge in [0, 0.05) is 11.4 Å². The van der Waals surface area contributed by atoms with Crippen LogP contribution in [0.4, 0.5) is 0 Å². The number of H-pyrrole nitrogens is 1. The van der Waals surface area contributed by atoms with Crippen LogP contribution in [0.3, 0.4) is 0 Å². The first-order chi connectivity index (χ1) is 14.1. The lowest BCUT2D eigenvalue weighted by molar-refractivity contribution is 0.174. The summed E-state index contributed by atoms with van der Waals surface area (Å²) in [5, 5.41) is 0.550. The molecule has 0 bridgehead atoms. The molecule has 5 rings (SSSR count). The number of nitrogens with zero attached hydrogens (tertiary/aromatic N) is 2. The fourth-order valence-electron chi connectivity index (χ4n) is 3.07. The number of aromatic nitrogens is 3. The van der Waals surface area contributed by atoms with E-state index in [0.29, 0.717) is 25.2 Å². The summed E-state index contributed by atoms with van der Waals surface area (Å²) in [7, 11) is 0. The molecule has 29 heavy (non-hydrogen) atoms. The van der Waals surface area contributed by atoms with Crippen molar-refractivity contribution in [1.82, 2.24) is 14.5 Å². The summed E-state index contributed by atoms with van der Waals surface area (Å²) in [6, 6.07) is 13.8. The van der Waals surface area contributed by atoms with Gasteiger partial charge in [0.15, 0.2) is 26.3 Å². The zero-order valence-electron chi connectivity index (χ0n) is 15.3. The number of hydrogen-bond acceptors (Lipinski definition) is 7. The van der Waals surface area contributed by atoms with Crippen LogP contribution in [0.15, 0.2) is 52.4 Å². The maximum atomic E-state index is 12.6. The van der Waals surface area contributed by atoms with Crippen molar-refractivity contribution in [2.75, 3.05) is 6.79 Å². The fraction of sp³-hybridized carbons (Fsp3) is 0.150. The Bertz CT molecular complexity index is 1340. The second kappa shape index (κ2) is 7.33. The molecule has 4 aromatic rings. The van der Waals surface area contributed by atoms with Gasteiger partial charge >= 0.3 is 0 Å². The van der Waals surface area contributed by atoms with E-state index in [1.165, 1.54) is 23.1 Å². The Morgan fingerprint density at radius 3 is 2.83 bits per heavy atom. The van der Waals surface area contributed by atoms with Gasteiger partial charge in [-0.15, -0.1) is 0 Å².